The Morgan fingerprint density at radius 2 is 1.86 bits per heavy atom. The first-order chi connectivity index (χ1) is 10.7. The fourth-order valence-corrected chi connectivity index (χ4v) is 2.28. The SMILES string of the molecule is CC(=O)Nc1ccc(OCc2cccc3cccnc23)cc1. The van der Waals surface area contributed by atoms with Crippen molar-refractivity contribution in [3.8, 4) is 5.75 Å². The molecule has 1 N–H and O–H groups in total. The number of nitrogens with one attached hydrogen (secondary N) is 1. The summed E-state index contributed by atoms with van der Waals surface area (Å²) in [6, 6.07) is 17.3. The molecule has 4 heteroatoms. The molecule has 4 nitrogen and oxygen atoms in total. The van der Waals surface area contributed by atoms with E-state index < -0.39 is 0 Å². The van der Waals surface area contributed by atoms with E-state index >= 15 is 0 Å². The van der Waals surface area contributed by atoms with Crippen molar-refractivity contribution in [3.63, 3.8) is 0 Å². The van der Waals surface area contributed by atoms with Crippen LogP contribution in [0.5, 0.6) is 5.75 Å². The molecule has 110 valence electrons. The van der Waals surface area contributed by atoms with E-state index in [4.69, 9.17) is 4.74 Å². The van der Waals surface area contributed by atoms with Crippen molar-refractivity contribution in [2.24, 2.45) is 0 Å². The van der Waals surface area contributed by atoms with Gasteiger partial charge in [0.2, 0.25) is 5.91 Å². The van der Waals surface area contributed by atoms with Gasteiger partial charge in [0, 0.05) is 29.8 Å². The standard InChI is InChI=1S/C18H16N2O2/c1-13(21)20-16-7-9-17(10-8-16)22-12-15-5-2-4-14-6-3-11-19-18(14)15/h2-11H,12H2,1H3,(H,20,21). The van der Waals surface area contributed by atoms with Gasteiger partial charge in [-0.3, -0.25) is 9.78 Å². The van der Waals surface area contributed by atoms with Crippen LogP contribution in [0.2, 0.25) is 0 Å². The summed E-state index contributed by atoms with van der Waals surface area (Å²) in [6.45, 7) is 1.94. The lowest BCUT2D eigenvalue weighted by atomic mass is 10.1. The molecule has 1 amide bonds. The van der Waals surface area contributed by atoms with Gasteiger partial charge in [-0.15, -0.1) is 0 Å². The number of amides is 1. The smallest absolute Gasteiger partial charge is 0.221 e. The monoisotopic (exact) mass is 292 g/mol. The van der Waals surface area contributed by atoms with Crippen molar-refractivity contribution >= 4 is 22.5 Å². The molecule has 3 rings (SSSR count). The van der Waals surface area contributed by atoms with E-state index in [2.05, 4.69) is 10.3 Å². The second kappa shape index (κ2) is 6.26. The van der Waals surface area contributed by atoms with Gasteiger partial charge in [0.1, 0.15) is 12.4 Å². The molecule has 0 atom stereocenters. The zero-order valence-electron chi connectivity index (χ0n) is 12.2. The van der Waals surface area contributed by atoms with Gasteiger partial charge < -0.3 is 10.1 Å². The fourth-order valence-electron chi connectivity index (χ4n) is 2.28. The topological polar surface area (TPSA) is 51.2 Å². The van der Waals surface area contributed by atoms with Crippen LogP contribution >= 0.6 is 0 Å². The van der Waals surface area contributed by atoms with Crippen molar-refractivity contribution in [1.29, 1.82) is 0 Å². The Labute approximate surface area is 128 Å². The number of ether oxygens (including phenoxy) is 1. The van der Waals surface area contributed by atoms with Gasteiger partial charge in [-0.05, 0) is 30.3 Å². The third kappa shape index (κ3) is 3.23. The van der Waals surface area contributed by atoms with Crippen LogP contribution in [0, 0.1) is 0 Å². The molecule has 0 radical (unpaired) electrons. The van der Waals surface area contributed by atoms with Gasteiger partial charge >= 0.3 is 0 Å². The predicted octanol–water partition coefficient (Wildman–Crippen LogP) is 3.77. The van der Waals surface area contributed by atoms with Gasteiger partial charge in [0.25, 0.3) is 0 Å². The molecule has 3 aromatic rings. The third-order valence-electron chi connectivity index (χ3n) is 3.29. The summed E-state index contributed by atoms with van der Waals surface area (Å²) < 4.78 is 5.81. The Morgan fingerprint density at radius 3 is 2.64 bits per heavy atom. The van der Waals surface area contributed by atoms with E-state index in [0.717, 1.165) is 27.9 Å². The van der Waals surface area contributed by atoms with Crippen LogP contribution in [0.1, 0.15) is 12.5 Å². The van der Waals surface area contributed by atoms with Crippen molar-refractivity contribution in [2.75, 3.05) is 5.32 Å². The van der Waals surface area contributed by atoms with Crippen LogP contribution in [-0.4, -0.2) is 10.9 Å². The number of benzene rings is 2. The minimum Gasteiger partial charge on any atom is -0.489 e. The predicted molar refractivity (Wildman–Crippen MR) is 86.8 cm³/mol. The molecule has 0 bridgehead atoms. The number of aromatic nitrogens is 1. The Balaban J connectivity index is 1.72. The van der Waals surface area contributed by atoms with E-state index in [-0.39, 0.29) is 5.91 Å². The van der Waals surface area contributed by atoms with Crippen molar-refractivity contribution in [1.82, 2.24) is 4.98 Å². The van der Waals surface area contributed by atoms with Gasteiger partial charge in [0.15, 0.2) is 0 Å². The summed E-state index contributed by atoms with van der Waals surface area (Å²) in [4.78, 5) is 15.4. The van der Waals surface area contributed by atoms with Crippen LogP contribution in [0.4, 0.5) is 5.69 Å². The number of nitrogens with zero attached hydrogens (tertiary/aromatic N) is 1. The van der Waals surface area contributed by atoms with Crippen LogP contribution in [-0.2, 0) is 11.4 Å². The number of carbonyl (C=O) groups excluding carboxylic acids is 1. The second-order valence-electron chi connectivity index (χ2n) is 4.99. The number of fused-ring (bicyclic) bond motifs is 1. The number of hydrogen-bond donors (Lipinski definition) is 1. The lowest BCUT2D eigenvalue weighted by molar-refractivity contribution is -0.114. The normalized spacial score (nSPS) is 10.4. The summed E-state index contributed by atoms with van der Waals surface area (Å²) in [5.41, 5.74) is 2.76. The number of pyridine rings is 1. The molecule has 0 unspecified atom stereocenters. The fraction of sp³-hybridized carbons (Fsp3) is 0.111. The first-order valence-electron chi connectivity index (χ1n) is 7.05. The Hall–Kier alpha value is -2.88. The number of carbonyl (C=O) groups is 1. The quantitative estimate of drug-likeness (QED) is 0.796. The third-order valence-corrected chi connectivity index (χ3v) is 3.29. The lowest BCUT2D eigenvalue weighted by Crippen LogP contribution is -2.05. The molecule has 0 spiro atoms. The van der Waals surface area contributed by atoms with E-state index in [1.165, 1.54) is 6.92 Å². The Kier molecular flexibility index (Phi) is 4.01. The number of hydrogen-bond acceptors (Lipinski definition) is 3. The molecule has 2 aromatic carbocycles. The lowest BCUT2D eigenvalue weighted by Gasteiger charge is -2.09. The maximum Gasteiger partial charge on any atom is 0.221 e. The number of para-hydroxylation sites is 1. The minimum absolute atomic E-state index is 0.0875. The first kappa shape index (κ1) is 14.1. The number of rotatable bonds is 4. The van der Waals surface area contributed by atoms with Gasteiger partial charge in [-0.25, -0.2) is 0 Å². The van der Waals surface area contributed by atoms with Crippen LogP contribution in [0.15, 0.2) is 60.8 Å². The van der Waals surface area contributed by atoms with Crippen molar-refractivity contribution in [2.45, 2.75) is 13.5 Å². The highest BCUT2D eigenvalue weighted by Crippen LogP contribution is 2.20. The van der Waals surface area contributed by atoms with Crippen LogP contribution in [0.3, 0.4) is 0 Å². The second-order valence-corrected chi connectivity index (χ2v) is 4.99. The molecule has 0 saturated carbocycles. The summed E-state index contributed by atoms with van der Waals surface area (Å²) in [5, 5.41) is 3.83. The molecular formula is C18H16N2O2. The maximum absolute atomic E-state index is 11.0. The molecule has 22 heavy (non-hydrogen) atoms. The first-order valence-corrected chi connectivity index (χ1v) is 7.05. The maximum atomic E-state index is 11.0. The summed E-state index contributed by atoms with van der Waals surface area (Å²) >= 11 is 0. The molecule has 1 aromatic heterocycles. The van der Waals surface area contributed by atoms with E-state index in [1.807, 2.05) is 54.6 Å². The Morgan fingerprint density at radius 1 is 1.09 bits per heavy atom. The van der Waals surface area contributed by atoms with Crippen molar-refractivity contribution in [3.05, 3.63) is 66.4 Å². The van der Waals surface area contributed by atoms with Crippen LogP contribution < -0.4 is 10.1 Å². The van der Waals surface area contributed by atoms with Crippen molar-refractivity contribution < 1.29 is 9.53 Å². The highest BCUT2D eigenvalue weighted by molar-refractivity contribution is 5.88. The highest BCUT2D eigenvalue weighted by atomic mass is 16.5. The summed E-state index contributed by atoms with van der Waals surface area (Å²) in [7, 11) is 0. The molecule has 1 heterocycles. The van der Waals surface area contributed by atoms with Gasteiger partial charge in [0.05, 0.1) is 5.52 Å². The molecular weight excluding hydrogens is 276 g/mol. The zero-order valence-corrected chi connectivity index (χ0v) is 12.2. The van der Waals surface area contributed by atoms with Gasteiger partial charge in [-0.2, -0.15) is 0 Å². The van der Waals surface area contributed by atoms with E-state index in [9.17, 15) is 4.79 Å². The Bertz CT molecular complexity index is 792. The largest absolute Gasteiger partial charge is 0.489 e. The molecule has 0 saturated heterocycles. The van der Waals surface area contributed by atoms with Gasteiger partial charge in [-0.1, -0.05) is 24.3 Å². The van der Waals surface area contributed by atoms with E-state index in [0.29, 0.717) is 6.61 Å². The molecule has 0 aliphatic carbocycles. The average molecular weight is 292 g/mol. The minimum atomic E-state index is -0.0875. The average Bonchev–Trinajstić information content (AvgIpc) is 2.54. The zero-order chi connectivity index (χ0) is 15.4. The molecule has 0 aliphatic heterocycles. The number of anilines is 1. The molecule has 0 aliphatic rings. The van der Waals surface area contributed by atoms with Crippen LogP contribution in [0.25, 0.3) is 10.9 Å². The molecule has 0 fully saturated rings. The summed E-state index contributed by atoms with van der Waals surface area (Å²) in [6.07, 6.45) is 1.79. The summed E-state index contributed by atoms with van der Waals surface area (Å²) in [5.74, 6) is 0.664. The highest BCUT2D eigenvalue weighted by Gasteiger charge is 2.03. The van der Waals surface area contributed by atoms with E-state index in [1.54, 1.807) is 6.20 Å².